The number of rotatable bonds is 6. The van der Waals surface area contributed by atoms with Crippen molar-refractivity contribution in [2.24, 2.45) is 11.8 Å². The number of carbonyl (C=O) groups is 1. The van der Waals surface area contributed by atoms with Gasteiger partial charge >= 0.3 is 5.97 Å². The van der Waals surface area contributed by atoms with E-state index in [0.29, 0.717) is 18.4 Å². The third-order valence-corrected chi connectivity index (χ3v) is 5.46. The van der Waals surface area contributed by atoms with E-state index in [0.717, 1.165) is 19.5 Å². The summed E-state index contributed by atoms with van der Waals surface area (Å²) in [5.41, 5.74) is 0. The van der Waals surface area contributed by atoms with Crippen LogP contribution >= 0.6 is 11.3 Å². The quantitative estimate of drug-likeness (QED) is 0.861. The summed E-state index contributed by atoms with van der Waals surface area (Å²) in [4.78, 5) is 14.9. The first kappa shape index (κ1) is 15.5. The van der Waals surface area contributed by atoms with E-state index >= 15 is 0 Å². The van der Waals surface area contributed by atoms with E-state index < -0.39 is 5.97 Å². The Morgan fingerprint density at radius 3 is 3.00 bits per heavy atom. The number of piperidine rings is 1. The summed E-state index contributed by atoms with van der Waals surface area (Å²) in [6.45, 7) is 6.53. The van der Waals surface area contributed by atoms with E-state index in [1.807, 2.05) is 11.3 Å². The van der Waals surface area contributed by atoms with Gasteiger partial charge in [0.2, 0.25) is 0 Å². The first-order chi connectivity index (χ1) is 9.61. The molecule has 1 aliphatic rings. The van der Waals surface area contributed by atoms with Crippen molar-refractivity contribution in [2.75, 3.05) is 13.1 Å². The summed E-state index contributed by atoms with van der Waals surface area (Å²) in [6, 6.07) is 4.86. The molecule has 1 saturated heterocycles. The molecular formula is C16H25NO2S. The zero-order chi connectivity index (χ0) is 14.5. The van der Waals surface area contributed by atoms with Crippen LogP contribution in [0.15, 0.2) is 17.5 Å². The van der Waals surface area contributed by atoms with Gasteiger partial charge in [-0.25, -0.2) is 0 Å². The molecule has 1 aromatic rings. The molecule has 1 fully saturated rings. The molecule has 0 radical (unpaired) electrons. The third kappa shape index (κ3) is 3.83. The lowest BCUT2D eigenvalue weighted by atomic mass is 9.84. The van der Waals surface area contributed by atoms with Crippen molar-refractivity contribution in [1.29, 1.82) is 0 Å². The molecule has 20 heavy (non-hydrogen) atoms. The van der Waals surface area contributed by atoms with Crippen molar-refractivity contribution in [3.8, 4) is 0 Å². The van der Waals surface area contributed by atoms with Gasteiger partial charge < -0.3 is 5.11 Å². The Bertz CT molecular complexity index is 418. The van der Waals surface area contributed by atoms with Gasteiger partial charge in [-0.1, -0.05) is 19.9 Å². The van der Waals surface area contributed by atoms with E-state index in [1.165, 1.54) is 17.7 Å². The Balaban J connectivity index is 2.00. The molecule has 0 amide bonds. The lowest BCUT2D eigenvalue weighted by Crippen LogP contribution is -2.40. The summed E-state index contributed by atoms with van der Waals surface area (Å²) < 4.78 is 0. The van der Waals surface area contributed by atoms with Crippen LogP contribution in [0, 0.1) is 11.8 Å². The van der Waals surface area contributed by atoms with Crippen LogP contribution in [0.1, 0.15) is 50.4 Å². The smallest absolute Gasteiger partial charge is 0.303 e. The number of nitrogens with zero attached hydrogens (tertiary/aromatic N) is 1. The fourth-order valence-corrected chi connectivity index (χ4v) is 4.29. The molecular weight excluding hydrogens is 270 g/mol. The summed E-state index contributed by atoms with van der Waals surface area (Å²) >= 11 is 1.83. The first-order valence-electron chi connectivity index (χ1n) is 7.61. The van der Waals surface area contributed by atoms with E-state index in [-0.39, 0.29) is 5.92 Å². The number of carboxylic acid groups (broad SMARTS) is 1. The summed E-state index contributed by atoms with van der Waals surface area (Å²) in [7, 11) is 0. The molecule has 0 bridgehead atoms. The normalized spacial score (nSPS) is 23.4. The Morgan fingerprint density at radius 2 is 2.40 bits per heavy atom. The van der Waals surface area contributed by atoms with Crippen molar-refractivity contribution in [3.05, 3.63) is 22.4 Å². The second-order valence-electron chi connectivity index (χ2n) is 5.91. The molecule has 3 atom stereocenters. The van der Waals surface area contributed by atoms with Gasteiger partial charge in [0.1, 0.15) is 0 Å². The van der Waals surface area contributed by atoms with E-state index in [2.05, 4.69) is 36.3 Å². The topological polar surface area (TPSA) is 40.5 Å². The molecule has 0 aromatic carbocycles. The number of hydrogen-bond donors (Lipinski definition) is 1. The maximum absolute atomic E-state index is 10.9. The van der Waals surface area contributed by atoms with Crippen LogP contribution in [0.3, 0.4) is 0 Å². The maximum atomic E-state index is 10.9. The number of likely N-dealkylation sites (tertiary alicyclic amines) is 1. The summed E-state index contributed by atoms with van der Waals surface area (Å²) in [5.74, 6) is 0.130. The molecule has 1 aromatic heterocycles. The van der Waals surface area contributed by atoms with Crippen LogP contribution in [0.4, 0.5) is 0 Å². The van der Waals surface area contributed by atoms with E-state index in [9.17, 15) is 4.79 Å². The standard InChI is InChI=1S/C16H25NO2S/c1-3-14(15-7-5-9-20-15)17-8-4-6-13(11-17)12(2)10-16(18)19/h5,7,9,12-14H,3-4,6,8,10-11H2,1-2H3,(H,18,19). The highest BCUT2D eigenvalue weighted by atomic mass is 32.1. The number of thiophene rings is 1. The monoisotopic (exact) mass is 295 g/mol. The minimum atomic E-state index is -0.667. The minimum Gasteiger partial charge on any atom is -0.481 e. The van der Waals surface area contributed by atoms with Gasteiger partial charge in [-0.2, -0.15) is 0 Å². The van der Waals surface area contributed by atoms with Crippen molar-refractivity contribution >= 4 is 17.3 Å². The number of aliphatic carboxylic acids is 1. The van der Waals surface area contributed by atoms with Crippen LogP contribution in [-0.4, -0.2) is 29.1 Å². The molecule has 2 rings (SSSR count). The largest absolute Gasteiger partial charge is 0.481 e. The first-order valence-corrected chi connectivity index (χ1v) is 8.49. The van der Waals surface area contributed by atoms with Gasteiger partial charge in [0, 0.05) is 23.9 Å². The molecule has 0 saturated carbocycles. The highest BCUT2D eigenvalue weighted by Crippen LogP contribution is 2.34. The van der Waals surface area contributed by atoms with Gasteiger partial charge in [0.15, 0.2) is 0 Å². The predicted octanol–water partition coefficient (Wildman–Crippen LogP) is 4.02. The third-order valence-electron chi connectivity index (χ3n) is 4.49. The molecule has 4 heteroatoms. The van der Waals surface area contributed by atoms with Gasteiger partial charge in [0.25, 0.3) is 0 Å². The predicted molar refractivity (Wildman–Crippen MR) is 83.1 cm³/mol. The van der Waals surface area contributed by atoms with Crippen LogP contribution in [0.5, 0.6) is 0 Å². The molecule has 2 heterocycles. The number of carboxylic acids is 1. The van der Waals surface area contributed by atoms with Crippen molar-refractivity contribution in [1.82, 2.24) is 4.90 Å². The van der Waals surface area contributed by atoms with Gasteiger partial charge in [-0.3, -0.25) is 9.69 Å². The average molecular weight is 295 g/mol. The Kier molecular flexibility index (Phi) is 5.61. The highest BCUT2D eigenvalue weighted by molar-refractivity contribution is 7.10. The van der Waals surface area contributed by atoms with Crippen molar-refractivity contribution in [2.45, 2.75) is 45.6 Å². The summed E-state index contributed by atoms with van der Waals surface area (Å²) in [6.07, 6.45) is 3.79. The minimum absolute atomic E-state index is 0.274. The molecule has 1 aliphatic heterocycles. The van der Waals surface area contributed by atoms with Crippen molar-refractivity contribution in [3.63, 3.8) is 0 Å². The van der Waals surface area contributed by atoms with Crippen molar-refractivity contribution < 1.29 is 9.90 Å². The fraction of sp³-hybridized carbons (Fsp3) is 0.688. The molecule has 0 spiro atoms. The Hall–Kier alpha value is -0.870. The lowest BCUT2D eigenvalue weighted by molar-refractivity contribution is -0.138. The highest BCUT2D eigenvalue weighted by Gasteiger charge is 2.29. The van der Waals surface area contributed by atoms with Gasteiger partial charge in [-0.15, -0.1) is 11.3 Å². The van der Waals surface area contributed by atoms with Gasteiger partial charge in [-0.05, 0) is 49.1 Å². The molecule has 0 aliphatic carbocycles. The summed E-state index contributed by atoms with van der Waals surface area (Å²) in [5, 5.41) is 11.1. The van der Waals surface area contributed by atoms with Crippen LogP contribution in [0.2, 0.25) is 0 Å². The lowest BCUT2D eigenvalue weighted by Gasteiger charge is -2.39. The second kappa shape index (κ2) is 7.23. The molecule has 112 valence electrons. The maximum Gasteiger partial charge on any atom is 0.303 e. The van der Waals surface area contributed by atoms with Crippen LogP contribution in [0.25, 0.3) is 0 Å². The zero-order valence-electron chi connectivity index (χ0n) is 12.4. The Labute approximate surface area is 125 Å². The fourth-order valence-electron chi connectivity index (χ4n) is 3.35. The molecule has 3 nitrogen and oxygen atoms in total. The van der Waals surface area contributed by atoms with Crippen LogP contribution in [-0.2, 0) is 4.79 Å². The molecule has 1 N–H and O–H groups in total. The molecule has 3 unspecified atom stereocenters. The average Bonchev–Trinajstić information content (AvgIpc) is 2.93. The van der Waals surface area contributed by atoms with E-state index in [4.69, 9.17) is 5.11 Å². The Morgan fingerprint density at radius 1 is 1.60 bits per heavy atom. The van der Waals surface area contributed by atoms with E-state index in [1.54, 1.807) is 0 Å². The zero-order valence-corrected chi connectivity index (χ0v) is 13.2. The van der Waals surface area contributed by atoms with Crippen LogP contribution < -0.4 is 0 Å². The van der Waals surface area contributed by atoms with Gasteiger partial charge in [0.05, 0.1) is 0 Å². The SMILES string of the molecule is CCC(c1cccs1)N1CCCC(C(C)CC(=O)O)C1. The second-order valence-corrected chi connectivity index (χ2v) is 6.89. The number of hydrogen-bond acceptors (Lipinski definition) is 3.